The minimum absolute atomic E-state index is 0.249. The van der Waals surface area contributed by atoms with Gasteiger partial charge >= 0.3 is 0 Å². The van der Waals surface area contributed by atoms with Crippen molar-refractivity contribution in [3.8, 4) is 0 Å². The van der Waals surface area contributed by atoms with Crippen molar-refractivity contribution >= 4 is 17.6 Å². The van der Waals surface area contributed by atoms with Crippen LogP contribution in [0.25, 0.3) is 0 Å². The van der Waals surface area contributed by atoms with Gasteiger partial charge in [0.05, 0.1) is 6.54 Å². The van der Waals surface area contributed by atoms with E-state index in [1.54, 1.807) is 23.9 Å². The third-order valence-electron chi connectivity index (χ3n) is 4.54. The maximum Gasteiger partial charge on any atom is 0.194 e. The van der Waals surface area contributed by atoms with Gasteiger partial charge in [-0.25, -0.2) is 9.37 Å². The van der Waals surface area contributed by atoms with Crippen molar-refractivity contribution in [3.05, 3.63) is 46.8 Å². The molecule has 0 spiro atoms. The Morgan fingerprint density at radius 1 is 1.31 bits per heavy atom. The third-order valence-corrected chi connectivity index (χ3v) is 4.89. The number of benzene rings is 1. The van der Waals surface area contributed by atoms with Crippen LogP contribution in [-0.2, 0) is 20.1 Å². The SMILES string of the molecule is CN=C(NCc1ncnn1C)N1CCN(Cc2c(F)cccc2Cl)CC1. The molecule has 140 valence electrons. The number of guanidine groups is 1. The Morgan fingerprint density at radius 2 is 2.08 bits per heavy atom. The monoisotopic (exact) mass is 379 g/mol. The summed E-state index contributed by atoms with van der Waals surface area (Å²) < 4.78 is 15.7. The van der Waals surface area contributed by atoms with Crippen molar-refractivity contribution in [1.29, 1.82) is 0 Å². The second-order valence-corrected chi connectivity index (χ2v) is 6.57. The third kappa shape index (κ3) is 4.31. The number of nitrogens with zero attached hydrogens (tertiary/aromatic N) is 6. The number of hydrogen-bond acceptors (Lipinski definition) is 4. The van der Waals surface area contributed by atoms with Crippen LogP contribution in [0.2, 0.25) is 5.02 Å². The fourth-order valence-electron chi connectivity index (χ4n) is 3.00. The van der Waals surface area contributed by atoms with Crippen LogP contribution in [0, 0.1) is 5.82 Å². The Bertz CT molecular complexity index is 748. The van der Waals surface area contributed by atoms with Crippen LogP contribution in [0.1, 0.15) is 11.4 Å². The van der Waals surface area contributed by atoms with Crippen molar-refractivity contribution in [2.75, 3.05) is 33.2 Å². The molecule has 0 aliphatic carbocycles. The molecule has 1 aliphatic rings. The van der Waals surface area contributed by atoms with Gasteiger partial charge in [-0.15, -0.1) is 0 Å². The number of nitrogens with one attached hydrogen (secondary N) is 1. The molecule has 0 amide bonds. The van der Waals surface area contributed by atoms with Crippen LogP contribution in [-0.4, -0.2) is 63.8 Å². The second-order valence-electron chi connectivity index (χ2n) is 6.16. The minimum Gasteiger partial charge on any atom is -0.349 e. The summed E-state index contributed by atoms with van der Waals surface area (Å²) in [5.41, 5.74) is 0.562. The highest BCUT2D eigenvalue weighted by atomic mass is 35.5. The number of piperazine rings is 1. The molecule has 1 aliphatic heterocycles. The molecule has 1 aromatic carbocycles. The van der Waals surface area contributed by atoms with E-state index in [-0.39, 0.29) is 5.82 Å². The normalized spacial score (nSPS) is 16.2. The zero-order chi connectivity index (χ0) is 18.5. The average molecular weight is 380 g/mol. The summed E-state index contributed by atoms with van der Waals surface area (Å²) in [6, 6.07) is 4.82. The summed E-state index contributed by atoms with van der Waals surface area (Å²) in [6.45, 7) is 4.33. The van der Waals surface area contributed by atoms with E-state index in [1.807, 2.05) is 7.05 Å². The molecule has 2 heterocycles. The van der Waals surface area contributed by atoms with Gasteiger partial charge in [0.15, 0.2) is 5.96 Å². The Hall–Kier alpha value is -2.19. The zero-order valence-corrected chi connectivity index (χ0v) is 15.7. The lowest BCUT2D eigenvalue weighted by Crippen LogP contribution is -2.52. The first kappa shape index (κ1) is 18.6. The average Bonchev–Trinajstić information content (AvgIpc) is 3.05. The molecule has 0 atom stereocenters. The molecule has 7 nitrogen and oxygen atoms in total. The Balaban J connectivity index is 1.53. The molecule has 1 saturated heterocycles. The van der Waals surface area contributed by atoms with Crippen molar-refractivity contribution in [2.45, 2.75) is 13.1 Å². The van der Waals surface area contributed by atoms with Crippen molar-refractivity contribution in [3.63, 3.8) is 0 Å². The molecule has 1 aromatic heterocycles. The second kappa shape index (κ2) is 8.46. The zero-order valence-electron chi connectivity index (χ0n) is 15.0. The first-order chi connectivity index (χ1) is 12.6. The Morgan fingerprint density at radius 3 is 2.69 bits per heavy atom. The van der Waals surface area contributed by atoms with Gasteiger partial charge in [0.1, 0.15) is 18.0 Å². The van der Waals surface area contributed by atoms with Crippen LogP contribution < -0.4 is 5.32 Å². The van der Waals surface area contributed by atoms with Crippen molar-refractivity contribution < 1.29 is 4.39 Å². The predicted molar refractivity (Wildman–Crippen MR) is 99.5 cm³/mol. The first-order valence-corrected chi connectivity index (χ1v) is 8.90. The van der Waals surface area contributed by atoms with E-state index >= 15 is 0 Å². The summed E-state index contributed by atoms with van der Waals surface area (Å²) in [6.07, 6.45) is 1.53. The van der Waals surface area contributed by atoms with Crippen molar-refractivity contribution in [1.82, 2.24) is 29.9 Å². The molecule has 0 radical (unpaired) electrons. The molecule has 0 bridgehead atoms. The molecule has 1 fully saturated rings. The van der Waals surface area contributed by atoms with Gasteiger partial charge in [0, 0.05) is 57.4 Å². The number of rotatable bonds is 4. The first-order valence-electron chi connectivity index (χ1n) is 8.52. The highest BCUT2D eigenvalue weighted by molar-refractivity contribution is 6.31. The lowest BCUT2D eigenvalue weighted by molar-refractivity contribution is 0.171. The van der Waals surface area contributed by atoms with Gasteiger partial charge in [-0.05, 0) is 12.1 Å². The van der Waals surface area contributed by atoms with E-state index in [9.17, 15) is 4.39 Å². The van der Waals surface area contributed by atoms with Gasteiger partial charge in [0.25, 0.3) is 0 Å². The number of aliphatic imine (C=N–C) groups is 1. The van der Waals surface area contributed by atoms with Crippen molar-refractivity contribution in [2.24, 2.45) is 12.0 Å². The molecule has 2 aromatic rings. The number of aromatic nitrogens is 3. The lowest BCUT2D eigenvalue weighted by Gasteiger charge is -2.36. The highest BCUT2D eigenvalue weighted by Crippen LogP contribution is 2.21. The smallest absolute Gasteiger partial charge is 0.194 e. The Labute approximate surface area is 157 Å². The van der Waals surface area contributed by atoms with Crippen LogP contribution in [0.3, 0.4) is 0 Å². The number of aryl methyl sites for hydroxylation is 1. The van der Waals surface area contributed by atoms with Crippen LogP contribution >= 0.6 is 11.6 Å². The maximum absolute atomic E-state index is 14.0. The fourth-order valence-corrected chi connectivity index (χ4v) is 3.22. The van der Waals surface area contributed by atoms with Gasteiger partial charge in [-0.1, -0.05) is 17.7 Å². The molecule has 1 N–H and O–H groups in total. The van der Waals surface area contributed by atoms with E-state index in [4.69, 9.17) is 11.6 Å². The predicted octanol–water partition coefficient (Wildman–Crippen LogP) is 1.50. The maximum atomic E-state index is 14.0. The summed E-state index contributed by atoms with van der Waals surface area (Å²) in [5, 5.41) is 7.86. The standard InChI is InChI=1S/C17H23ClFN7/c1-20-17(21-10-16-22-12-23-24(16)2)26-8-6-25(7-9-26)11-13-14(18)4-3-5-15(13)19/h3-5,12H,6-11H2,1-2H3,(H,20,21). The van der Waals surface area contributed by atoms with Crippen LogP contribution in [0.4, 0.5) is 4.39 Å². The number of hydrogen-bond donors (Lipinski definition) is 1. The summed E-state index contributed by atoms with van der Waals surface area (Å²) in [4.78, 5) is 13.0. The molecule has 26 heavy (non-hydrogen) atoms. The largest absolute Gasteiger partial charge is 0.349 e. The van der Waals surface area contributed by atoms with Gasteiger partial charge in [-0.3, -0.25) is 14.6 Å². The van der Waals surface area contributed by atoms with Crippen LogP contribution in [0.15, 0.2) is 29.5 Å². The molecule has 0 unspecified atom stereocenters. The summed E-state index contributed by atoms with van der Waals surface area (Å²) in [7, 11) is 3.63. The Kier molecular flexibility index (Phi) is 6.05. The molecule has 9 heteroatoms. The molecular weight excluding hydrogens is 357 g/mol. The highest BCUT2D eigenvalue weighted by Gasteiger charge is 2.21. The summed E-state index contributed by atoms with van der Waals surface area (Å²) in [5.74, 6) is 1.43. The van der Waals surface area contributed by atoms with E-state index in [1.165, 1.54) is 12.4 Å². The van der Waals surface area contributed by atoms with E-state index in [0.717, 1.165) is 38.0 Å². The summed E-state index contributed by atoms with van der Waals surface area (Å²) >= 11 is 6.13. The van der Waals surface area contributed by atoms with Gasteiger partial charge in [-0.2, -0.15) is 5.10 Å². The quantitative estimate of drug-likeness (QED) is 0.644. The molecule has 3 rings (SSSR count). The van der Waals surface area contributed by atoms with E-state index in [2.05, 4.69) is 30.2 Å². The van der Waals surface area contributed by atoms with Crippen LogP contribution in [0.5, 0.6) is 0 Å². The van der Waals surface area contributed by atoms with Gasteiger partial charge in [0.2, 0.25) is 0 Å². The van der Waals surface area contributed by atoms with Gasteiger partial charge < -0.3 is 10.2 Å². The lowest BCUT2D eigenvalue weighted by atomic mass is 10.2. The fraction of sp³-hybridized carbons (Fsp3) is 0.471. The minimum atomic E-state index is -0.249. The van der Waals surface area contributed by atoms with E-state index < -0.39 is 0 Å². The molecular formula is C17H23ClFN7. The molecule has 0 saturated carbocycles. The number of halogens is 2. The van der Waals surface area contributed by atoms with E-state index in [0.29, 0.717) is 23.7 Å². The topological polar surface area (TPSA) is 61.6 Å².